The third kappa shape index (κ3) is 5.62. The first-order valence-corrected chi connectivity index (χ1v) is 10.5. The molecule has 0 bridgehead atoms. The third-order valence-corrected chi connectivity index (χ3v) is 4.86. The molecule has 2 heterocycles. The van der Waals surface area contributed by atoms with Crippen LogP contribution in [-0.2, 0) is 6.42 Å². The number of rotatable bonds is 8. The molecule has 8 nitrogen and oxygen atoms in total. The van der Waals surface area contributed by atoms with Crippen LogP contribution in [0.5, 0.6) is 11.5 Å². The van der Waals surface area contributed by atoms with Crippen LogP contribution in [-0.4, -0.2) is 20.9 Å². The normalized spacial score (nSPS) is 10.6. The molecule has 0 fully saturated rings. The Labute approximate surface area is 191 Å². The first-order valence-electron chi connectivity index (χ1n) is 10.5. The molecule has 166 valence electrons. The molecule has 0 saturated heterocycles. The average molecular weight is 441 g/mol. The van der Waals surface area contributed by atoms with E-state index in [1.807, 2.05) is 36.4 Å². The van der Waals surface area contributed by atoms with E-state index >= 15 is 0 Å². The number of hydrogen-bond acceptors (Lipinski definition) is 7. The molecule has 0 aliphatic heterocycles. The maximum Gasteiger partial charge on any atom is 0.267 e. The molecule has 0 unspecified atom stereocenters. The van der Waals surface area contributed by atoms with Crippen LogP contribution in [0, 0.1) is 0 Å². The highest BCUT2D eigenvalue weighted by Crippen LogP contribution is 2.27. The van der Waals surface area contributed by atoms with Gasteiger partial charge in [-0.15, -0.1) is 0 Å². The van der Waals surface area contributed by atoms with Crippen LogP contribution in [0.1, 0.15) is 29.4 Å². The maximum absolute atomic E-state index is 11.3. The highest BCUT2D eigenvalue weighted by Gasteiger charge is 2.08. The summed E-state index contributed by atoms with van der Waals surface area (Å²) in [6, 6.07) is 20.6. The van der Waals surface area contributed by atoms with Crippen molar-refractivity contribution >= 4 is 23.4 Å². The van der Waals surface area contributed by atoms with Gasteiger partial charge in [-0.05, 0) is 30.2 Å². The number of nitrogens with two attached hydrogens (primary N) is 2. The predicted octanol–water partition coefficient (Wildman–Crippen LogP) is 4.71. The Morgan fingerprint density at radius 2 is 1.79 bits per heavy atom. The molecule has 0 aliphatic carbocycles. The van der Waals surface area contributed by atoms with Crippen LogP contribution >= 0.6 is 0 Å². The number of aromatic nitrogens is 3. The van der Waals surface area contributed by atoms with Crippen LogP contribution in [0.4, 0.5) is 17.5 Å². The number of carbonyl (C=O) groups excluding carboxylic acids is 1. The largest absolute Gasteiger partial charge is 0.457 e. The van der Waals surface area contributed by atoms with Crippen LogP contribution in [0.2, 0.25) is 0 Å². The van der Waals surface area contributed by atoms with Crippen molar-refractivity contribution in [2.24, 2.45) is 5.73 Å². The number of hydrogen-bond donors (Lipinski definition) is 3. The fraction of sp³-hybridized carbons (Fsp3) is 0.120. The Hall–Kier alpha value is -4.46. The molecule has 5 N–H and O–H groups in total. The number of nitrogens with zero attached hydrogens (tertiary/aromatic N) is 3. The molecular weight excluding hydrogens is 416 g/mol. The van der Waals surface area contributed by atoms with E-state index < -0.39 is 5.91 Å². The van der Waals surface area contributed by atoms with Gasteiger partial charge in [0.1, 0.15) is 23.0 Å². The van der Waals surface area contributed by atoms with Crippen LogP contribution in [0.15, 0.2) is 72.9 Å². The summed E-state index contributed by atoms with van der Waals surface area (Å²) in [5.41, 5.74) is 15.1. The van der Waals surface area contributed by atoms with E-state index in [4.69, 9.17) is 16.2 Å². The fourth-order valence-corrected chi connectivity index (χ4v) is 3.34. The van der Waals surface area contributed by atoms with Crippen molar-refractivity contribution in [3.63, 3.8) is 0 Å². The van der Waals surface area contributed by atoms with Crippen molar-refractivity contribution in [1.29, 1.82) is 0 Å². The second-order valence-electron chi connectivity index (χ2n) is 7.44. The molecule has 0 saturated carbocycles. The summed E-state index contributed by atoms with van der Waals surface area (Å²) in [6.45, 7) is 2.16. The molecule has 2 aromatic carbocycles. The Bertz CT molecular complexity index is 1270. The highest BCUT2D eigenvalue weighted by atomic mass is 16.5. The lowest BCUT2D eigenvalue weighted by atomic mass is 10.1. The standard InChI is InChI=1S/C25H24N6O2/c1-2-4-16-7-9-17(10-8-16)21-15-23(31-25(27)30-21)29-18-5-3-6-19(13-18)33-20-11-12-28-22(14-20)24(26)32/h3,5-15H,2,4H2,1H3,(H2,26,32)(H3,27,29,30,31). The number of anilines is 3. The number of nitrogen functional groups attached to an aromatic ring is 1. The van der Waals surface area contributed by atoms with Gasteiger partial charge in [0.15, 0.2) is 0 Å². The Kier molecular flexibility index (Phi) is 6.45. The third-order valence-electron chi connectivity index (χ3n) is 4.86. The number of nitrogens with one attached hydrogen (secondary N) is 1. The highest BCUT2D eigenvalue weighted by molar-refractivity contribution is 5.91. The molecular formula is C25H24N6O2. The number of amides is 1. The van der Waals surface area contributed by atoms with Gasteiger partial charge in [-0.3, -0.25) is 9.78 Å². The summed E-state index contributed by atoms with van der Waals surface area (Å²) in [5.74, 6) is 1.14. The van der Waals surface area contributed by atoms with Gasteiger partial charge >= 0.3 is 0 Å². The van der Waals surface area contributed by atoms with Crippen molar-refractivity contribution < 1.29 is 9.53 Å². The van der Waals surface area contributed by atoms with Gasteiger partial charge in [-0.2, -0.15) is 4.98 Å². The van der Waals surface area contributed by atoms with E-state index in [0.29, 0.717) is 17.3 Å². The van der Waals surface area contributed by atoms with Crippen LogP contribution in [0.25, 0.3) is 11.3 Å². The molecule has 0 atom stereocenters. The maximum atomic E-state index is 11.3. The smallest absolute Gasteiger partial charge is 0.267 e. The molecule has 0 radical (unpaired) electrons. The summed E-state index contributed by atoms with van der Waals surface area (Å²) in [5, 5.41) is 3.24. The number of ether oxygens (including phenoxy) is 1. The zero-order valence-corrected chi connectivity index (χ0v) is 18.2. The second-order valence-corrected chi connectivity index (χ2v) is 7.44. The number of pyridine rings is 1. The topological polar surface area (TPSA) is 129 Å². The van der Waals surface area contributed by atoms with E-state index in [0.717, 1.165) is 29.8 Å². The molecule has 1 amide bonds. The molecule has 4 aromatic rings. The number of benzene rings is 2. The molecule has 0 spiro atoms. The summed E-state index contributed by atoms with van der Waals surface area (Å²) in [6.07, 6.45) is 3.61. The van der Waals surface area contributed by atoms with E-state index in [1.165, 1.54) is 17.8 Å². The zero-order chi connectivity index (χ0) is 23.2. The number of carbonyl (C=O) groups is 1. The summed E-state index contributed by atoms with van der Waals surface area (Å²) in [7, 11) is 0. The quantitative estimate of drug-likeness (QED) is 0.362. The van der Waals surface area contributed by atoms with E-state index in [2.05, 4.69) is 39.3 Å². The summed E-state index contributed by atoms with van der Waals surface area (Å²) >= 11 is 0. The first kappa shape index (κ1) is 21.8. The Morgan fingerprint density at radius 1 is 1.00 bits per heavy atom. The lowest BCUT2D eigenvalue weighted by Crippen LogP contribution is -2.12. The van der Waals surface area contributed by atoms with Crippen molar-refractivity contribution in [3.05, 3.63) is 84.2 Å². The lowest BCUT2D eigenvalue weighted by molar-refractivity contribution is 0.0995. The molecule has 33 heavy (non-hydrogen) atoms. The monoisotopic (exact) mass is 440 g/mol. The predicted molar refractivity (Wildman–Crippen MR) is 128 cm³/mol. The zero-order valence-electron chi connectivity index (χ0n) is 18.2. The van der Waals surface area contributed by atoms with Gasteiger partial charge in [-0.25, -0.2) is 4.98 Å². The summed E-state index contributed by atoms with van der Waals surface area (Å²) < 4.78 is 5.85. The minimum Gasteiger partial charge on any atom is -0.457 e. The van der Waals surface area contributed by atoms with Gasteiger partial charge in [0.2, 0.25) is 5.95 Å². The number of primary amides is 1. The van der Waals surface area contributed by atoms with E-state index in [1.54, 1.807) is 12.1 Å². The molecule has 0 aliphatic rings. The second kappa shape index (κ2) is 9.78. The van der Waals surface area contributed by atoms with Gasteiger partial charge in [0.05, 0.1) is 5.69 Å². The van der Waals surface area contributed by atoms with Gasteiger partial charge < -0.3 is 21.5 Å². The number of aryl methyl sites for hydroxylation is 1. The van der Waals surface area contributed by atoms with Crippen molar-refractivity contribution in [1.82, 2.24) is 15.0 Å². The Morgan fingerprint density at radius 3 is 2.55 bits per heavy atom. The average Bonchev–Trinajstić information content (AvgIpc) is 2.80. The SMILES string of the molecule is CCCc1ccc(-c2cc(Nc3cccc(Oc4ccnc(C(N)=O)c4)c3)nc(N)n2)cc1. The molecule has 4 rings (SSSR count). The lowest BCUT2D eigenvalue weighted by Gasteiger charge is -2.11. The van der Waals surface area contributed by atoms with Gasteiger partial charge in [-0.1, -0.05) is 43.7 Å². The first-order chi connectivity index (χ1) is 16.0. The fourth-order valence-electron chi connectivity index (χ4n) is 3.34. The molecule has 8 heteroatoms. The van der Waals surface area contributed by atoms with Gasteiger partial charge in [0.25, 0.3) is 5.91 Å². The van der Waals surface area contributed by atoms with Gasteiger partial charge in [0, 0.05) is 35.6 Å². The van der Waals surface area contributed by atoms with Crippen molar-refractivity contribution in [2.45, 2.75) is 19.8 Å². The minimum atomic E-state index is -0.618. The Balaban J connectivity index is 1.53. The van der Waals surface area contributed by atoms with Crippen LogP contribution in [0.3, 0.4) is 0 Å². The minimum absolute atomic E-state index is 0.133. The van der Waals surface area contributed by atoms with E-state index in [-0.39, 0.29) is 11.6 Å². The van der Waals surface area contributed by atoms with Crippen molar-refractivity contribution in [3.8, 4) is 22.8 Å². The summed E-state index contributed by atoms with van der Waals surface area (Å²) in [4.78, 5) is 23.9. The van der Waals surface area contributed by atoms with Crippen molar-refractivity contribution in [2.75, 3.05) is 11.1 Å². The van der Waals surface area contributed by atoms with E-state index in [9.17, 15) is 4.79 Å². The molecule has 2 aromatic heterocycles. The van der Waals surface area contributed by atoms with Crippen LogP contribution < -0.4 is 21.5 Å².